The Labute approximate surface area is 103 Å². The van der Waals surface area contributed by atoms with Gasteiger partial charge in [0.25, 0.3) is 0 Å². The van der Waals surface area contributed by atoms with E-state index in [0.717, 1.165) is 38.5 Å². The fourth-order valence-corrected chi connectivity index (χ4v) is 1.63. The predicted molar refractivity (Wildman–Crippen MR) is 68.6 cm³/mol. The van der Waals surface area contributed by atoms with Crippen molar-refractivity contribution in [2.24, 2.45) is 5.73 Å². The molecule has 96 valence electrons. The van der Waals surface area contributed by atoms with E-state index in [-0.39, 0.29) is 0 Å². The minimum atomic E-state index is 0.635. The Kier molecular flexibility index (Phi) is 6.54. The SMILES string of the molecule is C=CCN(CCOC)Cc1cn(CCN)cn1. The first-order chi connectivity index (χ1) is 8.30. The minimum Gasteiger partial charge on any atom is -0.383 e. The van der Waals surface area contributed by atoms with E-state index in [1.807, 2.05) is 23.2 Å². The van der Waals surface area contributed by atoms with Crippen LogP contribution in [0.2, 0.25) is 0 Å². The molecule has 0 spiro atoms. The van der Waals surface area contributed by atoms with Gasteiger partial charge in [0.15, 0.2) is 0 Å². The highest BCUT2D eigenvalue weighted by molar-refractivity contribution is 4.97. The largest absolute Gasteiger partial charge is 0.383 e. The van der Waals surface area contributed by atoms with Crippen molar-refractivity contribution < 1.29 is 4.74 Å². The minimum absolute atomic E-state index is 0.635. The molecule has 0 aromatic carbocycles. The summed E-state index contributed by atoms with van der Waals surface area (Å²) in [7, 11) is 1.71. The van der Waals surface area contributed by atoms with Gasteiger partial charge in [0.1, 0.15) is 0 Å². The average molecular weight is 238 g/mol. The number of nitrogens with zero attached hydrogens (tertiary/aromatic N) is 3. The van der Waals surface area contributed by atoms with Crippen LogP contribution in [-0.4, -0.2) is 47.8 Å². The smallest absolute Gasteiger partial charge is 0.0950 e. The lowest BCUT2D eigenvalue weighted by molar-refractivity contribution is 0.150. The molecule has 5 heteroatoms. The predicted octanol–water partition coefficient (Wildman–Crippen LogP) is 0.476. The number of hydrogen-bond donors (Lipinski definition) is 1. The Hall–Kier alpha value is -1.17. The number of hydrogen-bond acceptors (Lipinski definition) is 4. The van der Waals surface area contributed by atoms with Gasteiger partial charge in [-0.25, -0.2) is 4.98 Å². The molecule has 0 aliphatic carbocycles. The van der Waals surface area contributed by atoms with Crippen molar-refractivity contribution in [1.82, 2.24) is 14.5 Å². The van der Waals surface area contributed by atoms with E-state index in [1.54, 1.807) is 7.11 Å². The number of aromatic nitrogens is 2. The molecule has 1 aromatic rings. The van der Waals surface area contributed by atoms with Crippen molar-refractivity contribution in [2.75, 3.05) is 33.4 Å². The molecular formula is C12H22N4O. The van der Waals surface area contributed by atoms with E-state index in [4.69, 9.17) is 10.5 Å². The van der Waals surface area contributed by atoms with Crippen molar-refractivity contribution in [3.63, 3.8) is 0 Å². The molecule has 17 heavy (non-hydrogen) atoms. The summed E-state index contributed by atoms with van der Waals surface area (Å²) in [5.41, 5.74) is 6.55. The van der Waals surface area contributed by atoms with Crippen LogP contribution in [0.5, 0.6) is 0 Å². The first kappa shape index (κ1) is 13.9. The molecule has 0 saturated heterocycles. The molecule has 1 rings (SSSR count). The van der Waals surface area contributed by atoms with Crippen molar-refractivity contribution in [3.8, 4) is 0 Å². The Morgan fingerprint density at radius 1 is 1.65 bits per heavy atom. The van der Waals surface area contributed by atoms with Gasteiger partial charge >= 0.3 is 0 Å². The summed E-state index contributed by atoms with van der Waals surface area (Å²) in [6, 6.07) is 0. The van der Waals surface area contributed by atoms with E-state index in [9.17, 15) is 0 Å². The molecule has 0 saturated carbocycles. The fraction of sp³-hybridized carbons (Fsp3) is 0.583. The Morgan fingerprint density at radius 2 is 2.47 bits per heavy atom. The second-order valence-corrected chi connectivity index (χ2v) is 3.91. The van der Waals surface area contributed by atoms with Crippen molar-refractivity contribution >= 4 is 0 Å². The van der Waals surface area contributed by atoms with Crippen LogP contribution in [0.25, 0.3) is 0 Å². The van der Waals surface area contributed by atoms with Gasteiger partial charge in [-0.3, -0.25) is 4.90 Å². The van der Waals surface area contributed by atoms with E-state index >= 15 is 0 Å². The Bertz CT molecular complexity index is 324. The Balaban J connectivity index is 2.48. The molecule has 0 atom stereocenters. The molecule has 2 N–H and O–H groups in total. The summed E-state index contributed by atoms with van der Waals surface area (Å²) in [4.78, 5) is 6.60. The molecule has 0 aliphatic rings. The highest BCUT2D eigenvalue weighted by Gasteiger charge is 2.06. The molecule has 0 radical (unpaired) electrons. The zero-order valence-corrected chi connectivity index (χ0v) is 10.5. The van der Waals surface area contributed by atoms with Crippen molar-refractivity contribution in [2.45, 2.75) is 13.1 Å². The molecule has 0 unspecified atom stereocenters. The molecule has 0 bridgehead atoms. The number of nitrogens with two attached hydrogens (primary N) is 1. The van der Waals surface area contributed by atoms with Gasteiger partial charge in [-0.2, -0.15) is 0 Å². The zero-order valence-electron chi connectivity index (χ0n) is 10.5. The topological polar surface area (TPSA) is 56.3 Å². The molecule has 0 amide bonds. The van der Waals surface area contributed by atoms with Crippen LogP contribution in [0.15, 0.2) is 25.2 Å². The van der Waals surface area contributed by atoms with E-state index in [2.05, 4.69) is 16.5 Å². The van der Waals surface area contributed by atoms with Gasteiger partial charge in [0.05, 0.1) is 18.6 Å². The number of methoxy groups -OCH3 is 1. The van der Waals surface area contributed by atoms with Gasteiger partial charge in [0, 0.05) is 46.0 Å². The summed E-state index contributed by atoms with van der Waals surface area (Å²) in [5.74, 6) is 0. The summed E-state index contributed by atoms with van der Waals surface area (Å²) in [6.45, 7) is 8.46. The normalized spacial score (nSPS) is 11.0. The summed E-state index contributed by atoms with van der Waals surface area (Å²) in [5, 5.41) is 0. The van der Waals surface area contributed by atoms with Gasteiger partial charge in [0.2, 0.25) is 0 Å². The maximum absolute atomic E-state index is 5.50. The molecule has 0 aliphatic heterocycles. The van der Waals surface area contributed by atoms with E-state index in [0.29, 0.717) is 6.54 Å². The fourth-order valence-electron chi connectivity index (χ4n) is 1.63. The van der Waals surface area contributed by atoms with Crippen LogP contribution in [0, 0.1) is 0 Å². The Morgan fingerprint density at radius 3 is 3.12 bits per heavy atom. The molecule has 1 heterocycles. The van der Waals surface area contributed by atoms with Crippen molar-refractivity contribution in [3.05, 3.63) is 30.9 Å². The van der Waals surface area contributed by atoms with Crippen LogP contribution in [0.4, 0.5) is 0 Å². The van der Waals surface area contributed by atoms with Gasteiger partial charge in [-0.05, 0) is 0 Å². The summed E-state index contributed by atoms with van der Waals surface area (Å²) < 4.78 is 7.09. The third-order valence-corrected chi connectivity index (χ3v) is 2.46. The molecule has 5 nitrogen and oxygen atoms in total. The standard InChI is InChI=1S/C12H22N4O/c1-3-5-15(7-8-17-2)9-12-10-16(6-4-13)11-14-12/h3,10-11H,1,4-9,13H2,2H3. The summed E-state index contributed by atoms with van der Waals surface area (Å²) in [6.07, 6.45) is 5.76. The third-order valence-electron chi connectivity index (χ3n) is 2.46. The van der Waals surface area contributed by atoms with Crippen LogP contribution in [0.1, 0.15) is 5.69 Å². The van der Waals surface area contributed by atoms with Gasteiger partial charge in [-0.1, -0.05) is 6.08 Å². The molecular weight excluding hydrogens is 216 g/mol. The second-order valence-electron chi connectivity index (χ2n) is 3.91. The monoisotopic (exact) mass is 238 g/mol. The zero-order chi connectivity index (χ0) is 12.5. The quantitative estimate of drug-likeness (QED) is 0.636. The number of ether oxygens (including phenoxy) is 1. The number of imidazole rings is 1. The van der Waals surface area contributed by atoms with Gasteiger partial charge < -0.3 is 15.0 Å². The molecule has 1 aromatic heterocycles. The highest BCUT2D eigenvalue weighted by Crippen LogP contribution is 2.02. The first-order valence-electron chi connectivity index (χ1n) is 5.83. The lowest BCUT2D eigenvalue weighted by Crippen LogP contribution is -2.27. The lowest BCUT2D eigenvalue weighted by atomic mass is 10.4. The average Bonchev–Trinajstić information content (AvgIpc) is 2.74. The first-order valence-corrected chi connectivity index (χ1v) is 5.83. The van der Waals surface area contributed by atoms with Crippen LogP contribution in [-0.2, 0) is 17.8 Å². The second kappa shape index (κ2) is 8.00. The van der Waals surface area contributed by atoms with E-state index < -0.39 is 0 Å². The number of rotatable bonds is 9. The maximum Gasteiger partial charge on any atom is 0.0950 e. The third kappa shape index (κ3) is 5.12. The van der Waals surface area contributed by atoms with E-state index in [1.165, 1.54) is 0 Å². The maximum atomic E-state index is 5.50. The summed E-state index contributed by atoms with van der Waals surface area (Å²) >= 11 is 0. The van der Waals surface area contributed by atoms with Crippen molar-refractivity contribution in [1.29, 1.82) is 0 Å². The van der Waals surface area contributed by atoms with Crippen LogP contribution >= 0.6 is 0 Å². The molecule has 0 fully saturated rings. The van der Waals surface area contributed by atoms with Crippen LogP contribution < -0.4 is 5.73 Å². The van der Waals surface area contributed by atoms with Gasteiger partial charge in [-0.15, -0.1) is 6.58 Å². The van der Waals surface area contributed by atoms with Crippen LogP contribution in [0.3, 0.4) is 0 Å². The lowest BCUT2D eigenvalue weighted by Gasteiger charge is -2.18. The highest BCUT2D eigenvalue weighted by atomic mass is 16.5.